The van der Waals surface area contributed by atoms with Gasteiger partial charge >= 0.3 is 0 Å². The van der Waals surface area contributed by atoms with Crippen LogP contribution in [0.15, 0.2) is 30.3 Å². The first kappa shape index (κ1) is 28.7. The number of amides is 1. The highest BCUT2D eigenvalue weighted by Crippen LogP contribution is 2.29. The summed E-state index contributed by atoms with van der Waals surface area (Å²) in [5.41, 5.74) is 26.5. The molecule has 218 valence electrons. The Bertz CT molecular complexity index is 1360. The van der Waals surface area contributed by atoms with Gasteiger partial charge in [0.2, 0.25) is 23.7 Å². The summed E-state index contributed by atoms with van der Waals surface area (Å²) in [6.07, 6.45) is 1.44. The maximum Gasteiger partial charge on any atom is 0.261 e. The van der Waals surface area contributed by atoms with Crippen LogP contribution in [-0.2, 0) is 0 Å². The van der Waals surface area contributed by atoms with Crippen molar-refractivity contribution in [2.24, 2.45) is 22.9 Å². The third-order valence-corrected chi connectivity index (χ3v) is 7.25. The van der Waals surface area contributed by atoms with Crippen molar-refractivity contribution in [1.29, 1.82) is 0 Å². The van der Waals surface area contributed by atoms with Gasteiger partial charge in [0.25, 0.3) is 5.91 Å². The number of carbonyl (C=O) groups excluding carboxylic acids is 1. The molecule has 4 unspecified atom stereocenters. The lowest BCUT2D eigenvalue weighted by Crippen LogP contribution is -2.54. The van der Waals surface area contributed by atoms with Crippen molar-refractivity contribution in [3.8, 4) is 5.88 Å². The molecule has 4 atom stereocenters. The summed E-state index contributed by atoms with van der Waals surface area (Å²) in [7, 11) is 0. The van der Waals surface area contributed by atoms with E-state index in [0.29, 0.717) is 55.1 Å². The van der Waals surface area contributed by atoms with E-state index in [-0.39, 0.29) is 46.6 Å². The fourth-order valence-electron chi connectivity index (χ4n) is 5.11. The molecule has 14 nitrogen and oxygen atoms in total. The van der Waals surface area contributed by atoms with Crippen LogP contribution in [0.25, 0.3) is 0 Å². The number of aryl methyl sites for hydroxylation is 1. The molecular formula is C26H35ClN12O2. The van der Waals surface area contributed by atoms with Gasteiger partial charge in [0.1, 0.15) is 5.56 Å². The average Bonchev–Trinajstić information content (AvgIpc) is 2.89. The van der Waals surface area contributed by atoms with Gasteiger partial charge in [0.05, 0.1) is 10.7 Å². The van der Waals surface area contributed by atoms with Crippen LogP contribution in [0.2, 0.25) is 5.02 Å². The Morgan fingerprint density at radius 3 is 1.95 bits per heavy atom. The zero-order valence-electron chi connectivity index (χ0n) is 22.7. The van der Waals surface area contributed by atoms with Crippen molar-refractivity contribution in [3.05, 3.63) is 46.6 Å². The topological polar surface area (TPSA) is 223 Å². The Morgan fingerprint density at radius 1 is 0.878 bits per heavy atom. The van der Waals surface area contributed by atoms with E-state index in [1.165, 1.54) is 6.07 Å². The van der Waals surface area contributed by atoms with Crippen molar-refractivity contribution in [2.75, 3.05) is 46.6 Å². The number of rotatable bonds is 6. The molecule has 2 fully saturated rings. The highest BCUT2D eigenvalue weighted by atomic mass is 35.5. The normalized spacial score (nSPS) is 22.9. The van der Waals surface area contributed by atoms with Crippen molar-refractivity contribution in [1.82, 2.24) is 19.9 Å². The highest BCUT2D eigenvalue weighted by molar-refractivity contribution is 6.34. The standard InChI is InChI=1S/C26H35ClN12O2/c1-13-2-4-19(22(40)32-13)23(41)34-21-5-3-18(8-20(21)27)33-24-35-25(38-9-14(28)6-15(29)10-38)37-26(36-24)39-11-16(30)7-17(31)12-39/h2-5,8,14-17H,6-7,9-12,28-31H2,1H3,(H,32,40)(H,34,41)(H,33,35,36,37). The molecule has 1 aromatic carbocycles. The fourth-order valence-corrected chi connectivity index (χ4v) is 5.34. The summed E-state index contributed by atoms with van der Waals surface area (Å²) >= 11 is 6.50. The Kier molecular flexibility index (Phi) is 8.37. The first-order valence-corrected chi connectivity index (χ1v) is 13.7. The second kappa shape index (κ2) is 12.0. The maximum absolute atomic E-state index is 12.7. The molecule has 5 rings (SSSR count). The summed E-state index contributed by atoms with van der Waals surface area (Å²) in [6.45, 7) is 3.95. The van der Waals surface area contributed by atoms with Crippen molar-refractivity contribution in [2.45, 2.75) is 43.9 Å². The molecule has 0 radical (unpaired) electrons. The van der Waals surface area contributed by atoms with Crippen molar-refractivity contribution < 1.29 is 9.90 Å². The summed E-state index contributed by atoms with van der Waals surface area (Å²) in [5.74, 6) is 0.272. The first-order chi connectivity index (χ1) is 19.5. The molecular weight excluding hydrogens is 548 g/mol. The van der Waals surface area contributed by atoms with Gasteiger partial charge < -0.3 is 48.5 Å². The molecule has 41 heavy (non-hydrogen) atoms. The molecule has 15 heteroatoms. The van der Waals surface area contributed by atoms with Gasteiger partial charge in [-0.3, -0.25) is 4.79 Å². The van der Waals surface area contributed by atoms with E-state index in [1.54, 1.807) is 31.2 Å². The Labute approximate surface area is 242 Å². The molecule has 2 aliphatic heterocycles. The summed E-state index contributed by atoms with van der Waals surface area (Å²) < 4.78 is 0. The Hall–Kier alpha value is -3.82. The number of nitrogens with two attached hydrogens (primary N) is 4. The van der Waals surface area contributed by atoms with Crippen LogP contribution in [0.1, 0.15) is 28.9 Å². The minimum Gasteiger partial charge on any atom is -0.493 e. The third kappa shape index (κ3) is 6.92. The fraction of sp³-hybridized carbons (Fsp3) is 0.423. The predicted octanol–water partition coefficient (Wildman–Crippen LogP) is 0.659. The minimum atomic E-state index is -0.541. The van der Waals surface area contributed by atoms with Gasteiger partial charge in [-0.25, -0.2) is 4.98 Å². The number of aromatic hydroxyl groups is 1. The van der Waals surface area contributed by atoms with E-state index < -0.39 is 5.91 Å². The van der Waals surface area contributed by atoms with E-state index in [2.05, 4.69) is 25.6 Å². The number of aromatic nitrogens is 4. The summed E-state index contributed by atoms with van der Waals surface area (Å²) in [4.78, 5) is 34.6. The van der Waals surface area contributed by atoms with Crippen LogP contribution in [0, 0.1) is 6.92 Å². The van der Waals surface area contributed by atoms with Crippen LogP contribution >= 0.6 is 11.6 Å². The SMILES string of the molecule is Cc1ccc(C(=O)Nc2ccc(Nc3nc(N4CC(N)CC(N)C4)nc(N4CC(N)CC(N)C4)n3)cc2Cl)c(O)n1. The summed E-state index contributed by atoms with van der Waals surface area (Å²) in [6, 6.07) is 7.70. The molecule has 2 aromatic heterocycles. The quantitative estimate of drug-likeness (QED) is 0.212. The lowest BCUT2D eigenvalue weighted by Gasteiger charge is -2.37. The van der Waals surface area contributed by atoms with Crippen molar-refractivity contribution >= 4 is 46.7 Å². The second-order valence-electron chi connectivity index (χ2n) is 10.7. The molecule has 11 N–H and O–H groups in total. The number of piperidine rings is 2. The van der Waals surface area contributed by atoms with E-state index >= 15 is 0 Å². The summed E-state index contributed by atoms with van der Waals surface area (Å²) in [5, 5.41) is 16.2. The van der Waals surface area contributed by atoms with Gasteiger partial charge in [-0.05, 0) is 50.1 Å². The first-order valence-electron chi connectivity index (χ1n) is 13.4. The Balaban J connectivity index is 1.39. The predicted molar refractivity (Wildman–Crippen MR) is 159 cm³/mol. The van der Waals surface area contributed by atoms with Gasteiger partial charge in [-0.2, -0.15) is 15.0 Å². The number of hydrogen-bond donors (Lipinski definition) is 7. The number of hydrogen-bond acceptors (Lipinski definition) is 13. The molecule has 2 aliphatic rings. The van der Waals surface area contributed by atoms with Crippen LogP contribution in [-0.4, -0.2) is 81.3 Å². The number of nitrogens with one attached hydrogen (secondary N) is 2. The van der Waals surface area contributed by atoms with Gasteiger partial charge in [-0.15, -0.1) is 0 Å². The molecule has 2 saturated heterocycles. The molecule has 0 saturated carbocycles. The molecule has 3 aromatic rings. The van der Waals surface area contributed by atoms with E-state index in [9.17, 15) is 9.90 Å². The lowest BCUT2D eigenvalue weighted by molar-refractivity contribution is 0.102. The highest BCUT2D eigenvalue weighted by Gasteiger charge is 2.29. The molecule has 0 aliphatic carbocycles. The zero-order chi connectivity index (χ0) is 29.3. The number of halogens is 1. The van der Waals surface area contributed by atoms with Crippen LogP contribution < -0.4 is 43.4 Å². The van der Waals surface area contributed by atoms with Crippen molar-refractivity contribution in [3.63, 3.8) is 0 Å². The lowest BCUT2D eigenvalue weighted by atomic mass is 10.0. The molecule has 4 heterocycles. The second-order valence-corrected chi connectivity index (χ2v) is 11.1. The van der Waals surface area contributed by atoms with Crippen LogP contribution in [0.4, 0.5) is 29.2 Å². The monoisotopic (exact) mass is 582 g/mol. The maximum atomic E-state index is 12.7. The molecule has 0 bridgehead atoms. The van der Waals surface area contributed by atoms with Crippen LogP contribution in [0.5, 0.6) is 5.88 Å². The van der Waals surface area contributed by atoms with Gasteiger partial charge in [0, 0.05) is 61.7 Å². The number of carbonyl (C=O) groups is 1. The molecule has 1 amide bonds. The number of pyridine rings is 1. The number of nitrogens with zero attached hydrogens (tertiary/aromatic N) is 6. The number of benzene rings is 1. The van der Waals surface area contributed by atoms with Crippen LogP contribution in [0.3, 0.4) is 0 Å². The zero-order valence-corrected chi connectivity index (χ0v) is 23.4. The van der Waals surface area contributed by atoms with Gasteiger partial charge in [-0.1, -0.05) is 11.6 Å². The smallest absolute Gasteiger partial charge is 0.261 e. The van der Waals surface area contributed by atoms with E-state index in [4.69, 9.17) is 39.5 Å². The third-order valence-electron chi connectivity index (χ3n) is 6.94. The van der Waals surface area contributed by atoms with E-state index in [0.717, 1.165) is 12.8 Å². The Morgan fingerprint density at radius 2 is 1.44 bits per heavy atom. The number of anilines is 5. The molecule has 0 spiro atoms. The van der Waals surface area contributed by atoms with Gasteiger partial charge in [0.15, 0.2) is 0 Å². The minimum absolute atomic E-state index is 0.0356. The average molecular weight is 583 g/mol. The van der Waals surface area contributed by atoms with E-state index in [1.807, 2.05) is 9.80 Å². The largest absolute Gasteiger partial charge is 0.493 e.